The van der Waals surface area contributed by atoms with Gasteiger partial charge in [0.05, 0.1) is 41.6 Å². The van der Waals surface area contributed by atoms with Gasteiger partial charge < -0.3 is 9.84 Å². The predicted molar refractivity (Wildman–Crippen MR) is 113 cm³/mol. The van der Waals surface area contributed by atoms with Crippen LogP contribution in [0.3, 0.4) is 0 Å². The summed E-state index contributed by atoms with van der Waals surface area (Å²) in [4.78, 5) is 4.09. The third kappa shape index (κ3) is 5.36. The van der Waals surface area contributed by atoms with Crippen LogP contribution < -0.4 is 4.72 Å². The van der Waals surface area contributed by atoms with Gasteiger partial charge in [-0.1, -0.05) is 17.3 Å². The standard InChI is InChI=1S/C21H24FN5O4S/c22-15-4-3-5-17(12-15)32(29,30)25-19-8-7-16(31-21(19)14-28)9-11-27-13-20(24-26-27)18-6-1-2-10-23-18/h1-6,10,12-13,16,19,21,25,28H,7-9,11,14H2/t16-,19+,21+/m1/s1. The number of nitrogens with one attached hydrogen (secondary N) is 1. The molecule has 3 heterocycles. The Morgan fingerprint density at radius 3 is 2.81 bits per heavy atom. The van der Waals surface area contributed by atoms with E-state index in [4.69, 9.17) is 4.74 Å². The maximum Gasteiger partial charge on any atom is 0.241 e. The van der Waals surface area contributed by atoms with E-state index >= 15 is 0 Å². The monoisotopic (exact) mass is 461 g/mol. The maximum absolute atomic E-state index is 13.4. The molecule has 11 heteroatoms. The fourth-order valence-corrected chi connectivity index (χ4v) is 5.03. The first-order chi connectivity index (χ1) is 15.4. The average molecular weight is 462 g/mol. The summed E-state index contributed by atoms with van der Waals surface area (Å²) in [6.45, 7) is 0.225. The number of aromatic nitrogens is 4. The second kappa shape index (κ2) is 9.82. The molecule has 1 saturated heterocycles. The minimum Gasteiger partial charge on any atom is -0.394 e. The zero-order valence-electron chi connectivity index (χ0n) is 17.2. The van der Waals surface area contributed by atoms with E-state index in [1.807, 2.05) is 24.4 Å². The van der Waals surface area contributed by atoms with Crippen LogP contribution in [0.2, 0.25) is 0 Å². The Morgan fingerprint density at radius 1 is 1.19 bits per heavy atom. The summed E-state index contributed by atoms with van der Waals surface area (Å²) in [6, 6.07) is 9.76. The van der Waals surface area contributed by atoms with Crippen molar-refractivity contribution >= 4 is 10.0 Å². The van der Waals surface area contributed by atoms with Crippen molar-refractivity contribution in [2.24, 2.45) is 0 Å². The van der Waals surface area contributed by atoms with E-state index in [0.29, 0.717) is 31.5 Å². The number of pyridine rings is 1. The van der Waals surface area contributed by atoms with Crippen LogP contribution in [0.1, 0.15) is 19.3 Å². The highest BCUT2D eigenvalue weighted by Gasteiger charge is 2.34. The number of hydrogen-bond acceptors (Lipinski definition) is 7. The Kier molecular flexibility index (Phi) is 6.89. The Labute approximate surface area is 185 Å². The number of halogens is 1. The van der Waals surface area contributed by atoms with Gasteiger partial charge in [0.1, 0.15) is 11.5 Å². The van der Waals surface area contributed by atoms with Crippen LogP contribution in [0.4, 0.5) is 4.39 Å². The number of sulfonamides is 1. The SMILES string of the molecule is O=S(=O)(N[C@H]1CC[C@H](CCn2cc(-c3ccccn3)nn2)O[C@H]1CO)c1cccc(F)c1. The van der Waals surface area contributed by atoms with E-state index in [-0.39, 0.29) is 17.6 Å². The van der Waals surface area contributed by atoms with Gasteiger partial charge in [-0.05, 0) is 49.6 Å². The second-order valence-electron chi connectivity index (χ2n) is 7.61. The number of rotatable bonds is 8. The number of aryl methyl sites for hydroxylation is 1. The molecule has 2 N–H and O–H groups in total. The lowest BCUT2D eigenvalue weighted by Crippen LogP contribution is -2.50. The van der Waals surface area contributed by atoms with Gasteiger partial charge >= 0.3 is 0 Å². The lowest BCUT2D eigenvalue weighted by atomic mass is 9.98. The average Bonchev–Trinajstić information content (AvgIpc) is 3.28. The molecular formula is C21H24FN5O4S. The summed E-state index contributed by atoms with van der Waals surface area (Å²) in [7, 11) is -3.93. The number of aliphatic hydroxyl groups is 1. The zero-order chi connectivity index (χ0) is 22.6. The molecule has 4 rings (SSSR count). The topological polar surface area (TPSA) is 119 Å². The number of hydrogen-bond donors (Lipinski definition) is 2. The smallest absolute Gasteiger partial charge is 0.241 e. The zero-order valence-corrected chi connectivity index (χ0v) is 18.0. The number of ether oxygens (including phenoxy) is 1. The van der Waals surface area contributed by atoms with Crippen molar-refractivity contribution in [3.05, 3.63) is 60.7 Å². The summed E-state index contributed by atoms with van der Waals surface area (Å²) < 4.78 is 48.8. The summed E-state index contributed by atoms with van der Waals surface area (Å²) >= 11 is 0. The molecule has 1 aliphatic heterocycles. The van der Waals surface area contributed by atoms with Crippen LogP contribution in [0.5, 0.6) is 0 Å². The van der Waals surface area contributed by atoms with Crippen molar-refractivity contribution in [2.45, 2.75) is 49.0 Å². The fraction of sp³-hybridized carbons (Fsp3) is 0.381. The molecular weight excluding hydrogens is 437 g/mol. The molecule has 0 radical (unpaired) electrons. The Hall–Kier alpha value is -2.73. The first-order valence-electron chi connectivity index (χ1n) is 10.3. The van der Waals surface area contributed by atoms with Crippen molar-refractivity contribution in [1.82, 2.24) is 24.7 Å². The molecule has 0 spiro atoms. The molecule has 0 amide bonds. The first-order valence-corrected chi connectivity index (χ1v) is 11.8. The van der Waals surface area contributed by atoms with Gasteiger partial charge in [-0.25, -0.2) is 17.5 Å². The van der Waals surface area contributed by atoms with Crippen molar-refractivity contribution in [3.8, 4) is 11.4 Å². The highest BCUT2D eigenvalue weighted by molar-refractivity contribution is 7.89. The van der Waals surface area contributed by atoms with E-state index in [9.17, 15) is 17.9 Å². The van der Waals surface area contributed by atoms with E-state index in [1.165, 1.54) is 18.2 Å². The molecule has 32 heavy (non-hydrogen) atoms. The van der Waals surface area contributed by atoms with Crippen LogP contribution in [-0.2, 0) is 21.3 Å². The van der Waals surface area contributed by atoms with Gasteiger partial charge in [0.25, 0.3) is 0 Å². The molecule has 3 aromatic rings. The molecule has 0 unspecified atom stereocenters. The van der Waals surface area contributed by atoms with Crippen LogP contribution in [-0.4, -0.2) is 58.4 Å². The molecule has 3 atom stereocenters. The third-order valence-electron chi connectivity index (χ3n) is 5.35. The molecule has 2 aromatic heterocycles. The highest BCUT2D eigenvalue weighted by Crippen LogP contribution is 2.24. The fourth-order valence-electron chi connectivity index (χ4n) is 3.70. The second-order valence-corrected chi connectivity index (χ2v) is 9.33. The molecule has 1 aromatic carbocycles. The van der Waals surface area contributed by atoms with Gasteiger partial charge in [-0.3, -0.25) is 9.67 Å². The lowest BCUT2D eigenvalue weighted by Gasteiger charge is -2.36. The molecule has 0 saturated carbocycles. The number of nitrogens with zero attached hydrogens (tertiary/aromatic N) is 4. The molecule has 0 aliphatic carbocycles. The van der Waals surface area contributed by atoms with Gasteiger partial charge in [0, 0.05) is 12.7 Å². The van der Waals surface area contributed by atoms with E-state index in [2.05, 4.69) is 20.0 Å². The van der Waals surface area contributed by atoms with Crippen molar-refractivity contribution in [3.63, 3.8) is 0 Å². The number of benzene rings is 1. The summed E-state index contributed by atoms with van der Waals surface area (Å²) in [6.07, 6.45) is 4.37. The molecule has 9 nitrogen and oxygen atoms in total. The van der Waals surface area contributed by atoms with Gasteiger partial charge in [0.15, 0.2) is 0 Å². The first kappa shape index (κ1) is 22.5. The minimum absolute atomic E-state index is 0.161. The predicted octanol–water partition coefficient (Wildman–Crippen LogP) is 1.76. The Bertz CT molecular complexity index is 1140. The molecule has 170 valence electrons. The van der Waals surface area contributed by atoms with Gasteiger partial charge in [0.2, 0.25) is 10.0 Å². The normalized spacial score (nSPS) is 21.5. The van der Waals surface area contributed by atoms with Crippen LogP contribution in [0.25, 0.3) is 11.4 Å². The summed E-state index contributed by atoms with van der Waals surface area (Å²) in [5.74, 6) is -0.633. The van der Waals surface area contributed by atoms with Crippen LogP contribution >= 0.6 is 0 Å². The Balaban J connectivity index is 1.33. The van der Waals surface area contributed by atoms with Crippen LogP contribution in [0, 0.1) is 5.82 Å². The Morgan fingerprint density at radius 2 is 2.06 bits per heavy atom. The highest BCUT2D eigenvalue weighted by atomic mass is 32.2. The van der Waals surface area contributed by atoms with Crippen molar-refractivity contribution in [2.75, 3.05) is 6.61 Å². The molecule has 0 bridgehead atoms. The van der Waals surface area contributed by atoms with Gasteiger partial charge in [-0.15, -0.1) is 5.10 Å². The third-order valence-corrected chi connectivity index (χ3v) is 6.84. The number of aliphatic hydroxyl groups excluding tert-OH is 1. The van der Waals surface area contributed by atoms with Gasteiger partial charge in [-0.2, -0.15) is 0 Å². The van der Waals surface area contributed by atoms with E-state index in [0.717, 1.165) is 11.8 Å². The van der Waals surface area contributed by atoms with Crippen LogP contribution in [0.15, 0.2) is 59.8 Å². The largest absolute Gasteiger partial charge is 0.394 e. The lowest BCUT2D eigenvalue weighted by molar-refractivity contribution is -0.0891. The maximum atomic E-state index is 13.4. The van der Waals surface area contributed by atoms with E-state index < -0.39 is 28.0 Å². The molecule has 1 aliphatic rings. The van der Waals surface area contributed by atoms with Crippen molar-refractivity contribution < 1.29 is 22.7 Å². The molecule has 1 fully saturated rings. The summed E-state index contributed by atoms with van der Waals surface area (Å²) in [5, 5.41) is 18.0. The minimum atomic E-state index is -3.93. The summed E-state index contributed by atoms with van der Waals surface area (Å²) in [5.41, 5.74) is 1.41. The van der Waals surface area contributed by atoms with E-state index in [1.54, 1.807) is 10.9 Å². The quantitative estimate of drug-likeness (QED) is 0.525. The van der Waals surface area contributed by atoms with Crippen molar-refractivity contribution in [1.29, 1.82) is 0 Å².